The maximum Gasteiger partial charge on any atom is 0.251 e. The van der Waals surface area contributed by atoms with Crippen molar-refractivity contribution in [1.29, 1.82) is 0 Å². The summed E-state index contributed by atoms with van der Waals surface area (Å²) in [6.07, 6.45) is -0.127. The smallest absolute Gasteiger partial charge is 0.251 e. The molecule has 8 nitrogen and oxygen atoms in total. The highest BCUT2D eigenvalue weighted by atomic mass is 16.2. The Hall–Kier alpha value is -2.12. The van der Waals surface area contributed by atoms with Gasteiger partial charge in [-0.15, -0.1) is 0 Å². The van der Waals surface area contributed by atoms with Crippen molar-refractivity contribution < 1.29 is 19.2 Å². The lowest BCUT2D eigenvalue weighted by molar-refractivity contribution is -0.141. The Balaban J connectivity index is 1.86. The number of nitrogens with zero attached hydrogens (tertiary/aromatic N) is 2. The van der Waals surface area contributed by atoms with Gasteiger partial charge in [0.05, 0.1) is 0 Å². The minimum atomic E-state index is -0.946. The number of piperazine rings is 1. The second kappa shape index (κ2) is 5.25. The number of hydrogen-bond donors (Lipinski definition) is 2. The van der Waals surface area contributed by atoms with Gasteiger partial charge < -0.3 is 9.80 Å². The standard InChI is InChI=1S/C11H16N4O4/c1-7(16)14-2-4-15(5-3-14)9(17)6-8-10(18)12-13-11(8)19/h8H,2-6H2,1H3,(H,12,18)(H,13,19). The van der Waals surface area contributed by atoms with Gasteiger partial charge in [-0.05, 0) is 0 Å². The SMILES string of the molecule is CC(=O)N1CCN(C(=O)CC2C(=O)NNC2=O)CC1. The first-order valence-corrected chi connectivity index (χ1v) is 6.12. The van der Waals surface area contributed by atoms with Gasteiger partial charge in [0.15, 0.2) is 0 Å². The molecule has 0 unspecified atom stereocenters. The van der Waals surface area contributed by atoms with Crippen LogP contribution >= 0.6 is 0 Å². The van der Waals surface area contributed by atoms with Gasteiger partial charge in [-0.25, -0.2) is 0 Å². The minimum absolute atomic E-state index is 0.0124. The molecule has 2 N–H and O–H groups in total. The van der Waals surface area contributed by atoms with E-state index in [0.29, 0.717) is 26.2 Å². The third-order valence-electron chi connectivity index (χ3n) is 3.40. The molecule has 104 valence electrons. The molecule has 2 rings (SSSR count). The maximum absolute atomic E-state index is 12.0. The van der Waals surface area contributed by atoms with Crippen LogP contribution in [0.5, 0.6) is 0 Å². The second-order valence-electron chi connectivity index (χ2n) is 4.62. The summed E-state index contributed by atoms with van der Waals surface area (Å²) in [6.45, 7) is 3.35. The maximum atomic E-state index is 12.0. The Labute approximate surface area is 110 Å². The van der Waals surface area contributed by atoms with Crippen LogP contribution in [0, 0.1) is 5.92 Å². The minimum Gasteiger partial charge on any atom is -0.339 e. The van der Waals surface area contributed by atoms with Crippen LogP contribution in [-0.4, -0.2) is 59.6 Å². The summed E-state index contributed by atoms with van der Waals surface area (Å²) in [5.41, 5.74) is 4.38. The number of carbonyl (C=O) groups excluding carboxylic acids is 4. The van der Waals surface area contributed by atoms with E-state index in [1.165, 1.54) is 6.92 Å². The van der Waals surface area contributed by atoms with Crippen LogP contribution in [0.3, 0.4) is 0 Å². The highest BCUT2D eigenvalue weighted by molar-refractivity contribution is 6.07. The molecule has 0 bridgehead atoms. The van der Waals surface area contributed by atoms with E-state index in [4.69, 9.17) is 0 Å². The van der Waals surface area contributed by atoms with E-state index in [2.05, 4.69) is 10.9 Å². The highest BCUT2D eigenvalue weighted by Gasteiger charge is 2.36. The lowest BCUT2D eigenvalue weighted by Crippen LogP contribution is -2.50. The molecule has 2 saturated heterocycles. The number of amides is 4. The van der Waals surface area contributed by atoms with Gasteiger partial charge in [-0.2, -0.15) is 0 Å². The molecule has 0 aromatic rings. The molecule has 0 aliphatic carbocycles. The molecular weight excluding hydrogens is 252 g/mol. The first kappa shape index (κ1) is 13.3. The van der Waals surface area contributed by atoms with Crippen molar-refractivity contribution in [3.8, 4) is 0 Å². The van der Waals surface area contributed by atoms with Crippen LogP contribution in [0.25, 0.3) is 0 Å². The van der Waals surface area contributed by atoms with E-state index in [-0.39, 0.29) is 18.2 Å². The van der Waals surface area contributed by atoms with Gasteiger partial charge in [0.2, 0.25) is 11.8 Å². The summed E-state index contributed by atoms with van der Waals surface area (Å²) in [4.78, 5) is 49.0. The van der Waals surface area contributed by atoms with E-state index in [0.717, 1.165) is 0 Å². The molecule has 2 heterocycles. The van der Waals surface area contributed by atoms with Crippen molar-refractivity contribution in [2.75, 3.05) is 26.2 Å². The zero-order chi connectivity index (χ0) is 14.0. The largest absolute Gasteiger partial charge is 0.339 e. The summed E-state index contributed by atoms with van der Waals surface area (Å²) in [6, 6.07) is 0. The first-order valence-electron chi connectivity index (χ1n) is 6.12. The molecule has 8 heteroatoms. The third-order valence-corrected chi connectivity index (χ3v) is 3.40. The summed E-state index contributed by atoms with van der Waals surface area (Å²) in [5.74, 6) is -2.14. The van der Waals surface area contributed by atoms with Gasteiger partial charge in [-0.1, -0.05) is 0 Å². The zero-order valence-electron chi connectivity index (χ0n) is 10.6. The van der Waals surface area contributed by atoms with Gasteiger partial charge in [0.25, 0.3) is 11.8 Å². The Kier molecular flexibility index (Phi) is 3.68. The molecule has 2 fully saturated rings. The highest BCUT2D eigenvalue weighted by Crippen LogP contribution is 2.12. The van der Waals surface area contributed by atoms with Crippen LogP contribution < -0.4 is 10.9 Å². The lowest BCUT2D eigenvalue weighted by Gasteiger charge is -2.34. The topological polar surface area (TPSA) is 98.8 Å². The van der Waals surface area contributed by atoms with Gasteiger partial charge in [0, 0.05) is 39.5 Å². The van der Waals surface area contributed by atoms with E-state index < -0.39 is 17.7 Å². The Morgan fingerprint density at radius 2 is 1.53 bits per heavy atom. The molecule has 2 aliphatic heterocycles. The van der Waals surface area contributed by atoms with Crippen LogP contribution in [0.1, 0.15) is 13.3 Å². The molecule has 19 heavy (non-hydrogen) atoms. The monoisotopic (exact) mass is 268 g/mol. The molecule has 0 aromatic heterocycles. The number of nitrogens with one attached hydrogen (secondary N) is 2. The summed E-state index contributed by atoms with van der Waals surface area (Å²) in [5, 5.41) is 0. The average molecular weight is 268 g/mol. The quantitative estimate of drug-likeness (QED) is 0.557. The second-order valence-corrected chi connectivity index (χ2v) is 4.62. The number of carbonyl (C=O) groups is 4. The molecule has 2 aliphatic rings. The average Bonchev–Trinajstić information content (AvgIpc) is 2.70. The molecule has 0 atom stereocenters. The normalized spacial score (nSPS) is 20.3. The van der Waals surface area contributed by atoms with E-state index in [1.54, 1.807) is 9.80 Å². The van der Waals surface area contributed by atoms with Crippen LogP contribution in [0.4, 0.5) is 0 Å². The molecule has 0 radical (unpaired) electrons. The molecule has 0 aromatic carbocycles. The number of hydrazine groups is 1. The number of hydrogen-bond acceptors (Lipinski definition) is 4. The van der Waals surface area contributed by atoms with Crippen molar-refractivity contribution in [1.82, 2.24) is 20.7 Å². The van der Waals surface area contributed by atoms with Crippen molar-refractivity contribution >= 4 is 23.6 Å². The Bertz CT molecular complexity index is 412. The van der Waals surface area contributed by atoms with Crippen molar-refractivity contribution in [3.63, 3.8) is 0 Å². The fraction of sp³-hybridized carbons (Fsp3) is 0.636. The fourth-order valence-corrected chi connectivity index (χ4v) is 2.18. The third kappa shape index (κ3) is 2.83. The Morgan fingerprint density at radius 1 is 1.05 bits per heavy atom. The Morgan fingerprint density at radius 3 is 2.00 bits per heavy atom. The molecule has 0 saturated carbocycles. The van der Waals surface area contributed by atoms with Crippen LogP contribution in [0.15, 0.2) is 0 Å². The van der Waals surface area contributed by atoms with E-state index >= 15 is 0 Å². The predicted molar refractivity (Wildman–Crippen MR) is 63.2 cm³/mol. The molecular formula is C11H16N4O4. The molecule has 0 spiro atoms. The lowest BCUT2D eigenvalue weighted by atomic mass is 10.0. The summed E-state index contributed by atoms with van der Waals surface area (Å²) < 4.78 is 0. The fourth-order valence-electron chi connectivity index (χ4n) is 2.18. The van der Waals surface area contributed by atoms with Crippen molar-refractivity contribution in [2.24, 2.45) is 5.92 Å². The zero-order valence-corrected chi connectivity index (χ0v) is 10.6. The first-order chi connectivity index (χ1) is 8.99. The van der Waals surface area contributed by atoms with Gasteiger partial charge in [0.1, 0.15) is 5.92 Å². The van der Waals surface area contributed by atoms with Crippen LogP contribution in [0.2, 0.25) is 0 Å². The summed E-state index contributed by atoms with van der Waals surface area (Å²) >= 11 is 0. The van der Waals surface area contributed by atoms with Crippen molar-refractivity contribution in [2.45, 2.75) is 13.3 Å². The van der Waals surface area contributed by atoms with E-state index in [9.17, 15) is 19.2 Å². The van der Waals surface area contributed by atoms with E-state index in [1.807, 2.05) is 0 Å². The molecule has 4 amide bonds. The van der Waals surface area contributed by atoms with Gasteiger partial charge in [-0.3, -0.25) is 30.0 Å². The van der Waals surface area contributed by atoms with Crippen molar-refractivity contribution in [3.05, 3.63) is 0 Å². The summed E-state index contributed by atoms with van der Waals surface area (Å²) in [7, 11) is 0. The van der Waals surface area contributed by atoms with Crippen LogP contribution in [-0.2, 0) is 19.2 Å². The van der Waals surface area contributed by atoms with Gasteiger partial charge >= 0.3 is 0 Å². The number of rotatable bonds is 2. The predicted octanol–water partition coefficient (Wildman–Crippen LogP) is -2.16.